The van der Waals surface area contributed by atoms with Gasteiger partial charge in [0.15, 0.2) is 0 Å². The third-order valence-electron chi connectivity index (χ3n) is 4.88. The molecule has 0 aliphatic rings. The highest BCUT2D eigenvalue weighted by molar-refractivity contribution is 5.95. The fourth-order valence-electron chi connectivity index (χ4n) is 3.14. The van der Waals surface area contributed by atoms with Gasteiger partial charge in [-0.25, -0.2) is 4.68 Å². The van der Waals surface area contributed by atoms with Crippen molar-refractivity contribution >= 4 is 11.6 Å². The third-order valence-corrected chi connectivity index (χ3v) is 4.88. The molecule has 158 valence electrons. The molecule has 5 nitrogen and oxygen atoms in total. The normalized spacial score (nSPS) is 11.4. The number of aromatic nitrogens is 2. The summed E-state index contributed by atoms with van der Waals surface area (Å²) < 4.78 is 40.4. The molecule has 0 fully saturated rings. The van der Waals surface area contributed by atoms with Crippen molar-refractivity contribution < 1.29 is 18.0 Å². The molecule has 0 aliphatic carbocycles. The number of alkyl halides is 3. The Morgan fingerprint density at radius 1 is 1.07 bits per heavy atom. The van der Waals surface area contributed by atoms with Gasteiger partial charge in [-0.05, 0) is 42.8 Å². The highest BCUT2D eigenvalue weighted by Crippen LogP contribution is 2.30. The standard InChI is InChI=1S/C22H23F3N4O/c1-15-20(13-26-29(15)19-7-5-6-17(12-19)22(23,24)25)21(30)28(4)14-16-8-10-18(11-9-16)27(2)3/h5-13H,14H2,1-4H3. The second-order valence-corrected chi connectivity index (χ2v) is 7.33. The summed E-state index contributed by atoms with van der Waals surface area (Å²) in [6, 6.07) is 12.7. The summed E-state index contributed by atoms with van der Waals surface area (Å²) in [5.41, 5.74) is 2.35. The second kappa shape index (κ2) is 8.22. The van der Waals surface area contributed by atoms with Crippen molar-refractivity contribution in [2.24, 2.45) is 0 Å². The van der Waals surface area contributed by atoms with Crippen LogP contribution in [0.15, 0.2) is 54.7 Å². The van der Waals surface area contributed by atoms with Crippen LogP contribution in [0.4, 0.5) is 18.9 Å². The number of anilines is 1. The maximum absolute atomic E-state index is 13.0. The van der Waals surface area contributed by atoms with Crippen LogP contribution in [0, 0.1) is 6.92 Å². The number of amides is 1. The van der Waals surface area contributed by atoms with Crippen LogP contribution in [0.5, 0.6) is 0 Å². The molecule has 0 atom stereocenters. The van der Waals surface area contributed by atoms with Crippen molar-refractivity contribution in [3.8, 4) is 5.69 Å². The van der Waals surface area contributed by atoms with Gasteiger partial charge in [-0.15, -0.1) is 0 Å². The summed E-state index contributed by atoms with van der Waals surface area (Å²) in [5, 5.41) is 4.15. The van der Waals surface area contributed by atoms with E-state index in [1.165, 1.54) is 23.0 Å². The van der Waals surface area contributed by atoms with Crippen molar-refractivity contribution in [3.05, 3.63) is 77.1 Å². The van der Waals surface area contributed by atoms with E-state index in [4.69, 9.17) is 0 Å². The minimum Gasteiger partial charge on any atom is -0.378 e. The van der Waals surface area contributed by atoms with E-state index in [2.05, 4.69) is 5.10 Å². The van der Waals surface area contributed by atoms with Gasteiger partial charge in [0.1, 0.15) is 0 Å². The Morgan fingerprint density at radius 2 is 1.73 bits per heavy atom. The molecule has 0 N–H and O–H groups in total. The Labute approximate surface area is 173 Å². The summed E-state index contributed by atoms with van der Waals surface area (Å²) in [5.74, 6) is -0.248. The minimum absolute atomic E-state index is 0.248. The first-order chi connectivity index (χ1) is 14.1. The first-order valence-corrected chi connectivity index (χ1v) is 9.32. The summed E-state index contributed by atoms with van der Waals surface area (Å²) in [4.78, 5) is 16.5. The molecule has 1 aromatic heterocycles. The second-order valence-electron chi connectivity index (χ2n) is 7.33. The molecule has 0 spiro atoms. The van der Waals surface area contributed by atoms with E-state index >= 15 is 0 Å². The van der Waals surface area contributed by atoms with Crippen molar-refractivity contribution in [2.45, 2.75) is 19.6 Å². The number of halogens is 3. The number of benzene rings is 2. The molecule has 3 aromatic rings. The van der Waals surface area contributed by atoms with Gasteiger partial charge < -0.3 is 9.80 Å². The van der Waals surface area contributed by atoms with E-state index in [0.717, 1.165) is 23.4 Å². The molecule has 0 bridgehead atoms. The zero-order valence-corrected chi connectivity index (χ0v) is 17.2. The van der Waals surface area contributed by atoms with Crippen LogP contribution in [0.1, 0.15) is 27.2 Å². The van der Waals surface area contributed by atoms with Crippen LogP contribution >= 0.6 is 0 Å². The Kier molecular flexibility index (Phi) is 5.87. The summed E-state index contributed by atoms with van der Waals surface area (Å²) in [6.07, 6.45) is -3.05. The lowest BCUT2D eigenvalue weighted by Gasteiger charge is -2.18. The van der Waals surface area contributed by atoms with E-state index in [0.29, 0.717) is 17.8 Å². The van der Waals surface area contributed by atoms with E-state index in [1.54, 1.807) is 18.9 Å². The zero-order chi connectivity index (χ0) is 22.1. The molecule has 3 rings (SSSR count). The molecule has 2 aromatic carbocycles. The maximum Gasteiger partial charge on any atom is 0.416 e. The molecule has 0 saturated heterocycles. The molecule has 8 heteroatoms. The molecular formula is C22H23F3N4O. The van der Waals surface area contributed by atoms with E-state index in [9.17, 15) is 18.0 Å². The van der Waals surface area contributed by atoms with Crippen LogP contribution in [0.2, 0.25) is 0 Å². The van der Waals surface area contributed by atoms with E-state index in [1.807, 2.05) is 43.3 Å². The Balaban J connectivity index is 1.80. The first kappa shape index (κ1) is 21.4. The van der Waals surface area contributed by atoms with Crippen LogP contribution in [-0.2, 0) is 12.7 Å². The summed E-state index contributed by atoms with van der Waals surface area (Å²) in [7, 11) is 5.59. The number of carbonyl (C=O) groups excluding carboxylic acids is 1. The molecule has 0 aliphatic heterocycles. The maximum atomic E-state index is 13.0. The fourth-order valence-corrected chi connectivity index (χ4v) is 3.14. The van der Waals surface area contributed by atoms with Crippen molar-refractivity contribution in [2.75, 3.05) is 26.0 Å². The number of hydrogen-bond acceptors (Lipinski definition) is 3. The lowest BCUT2D eigenvalue weighted by molar-refractivity contribution is -0.137. The Hall–Kier alpha value is -3.29. The largest absolute Gasteiger partial charge is 0.416 e. The monoisotopic (exact) mass is 416 g/mol. The average molecular weight is 416 g/mol. The van der Waals surface area contributed by atoms with Crippen molar-refractivity contribution in [3.63, 3.8) is 0 Å². The van der Waals surface area contributed by atoms with Crippen LogP contribution in [-0.4, -0.2) is 41.7 Å². The number of carbonyl (C=O) groups is 1. The molecule has 30 heavy (non-hydrogen) atoms. The minimum atomic E-state index is -4.45. The van der Waals surface area contributed by atoms with Gasteiger partial charge in [-0.1, -0.05) is 18.2 Å². The van der Waals surface area contributed by atoms with E-state index < -0.39 is 11.7 Å². The van der Waals surface area contributed by atoms with Gasteiger partial charge in [0.2, 0.25) is 0 Å². The van der Waals surface area contributed by atoms with Crippen LogP contribution in [0.25, 0.3) is 5.69 Å². The molecule has 0 unspecified atom stereocenters. The van der Waals surface area contributed by atoms with Gasteiger partial charge in [-0.2, -0.15) is 18.3 Å². The number of nitrogens with zero attached hydrogens (tertiary/aromatic N) is 4. The summed E-state index contributed by atoms with van der Waals surface area (Å²) in [6.45, 7) is 2.07. The predicted molar refractivity (Wildman–Crippen MR) is 110 cm³/mol. The quantitative estimate of drug-likeness (QED) is 0.613. The third kappa shape index (κ3) is 4.48. The molecule has 0 radical (unpaired) electrons. The van der Waals surface area contributed by atoms with Crippen molar-refractivity contribution in [1.82, 2.24) is 14.7 Å². The topological polar surface area (TPSA) is 41.4 Å². The SMILES string of the molecule is Cc1c(C(=O)N(C)Cc2ccc(N(C)C)cc2)cnn1-c1cccc(C(F)(F)F)c1. The molecule has 0 saturated carbocycles. The Morgan fingerprint density at radius 3 is 2.33 bits per heavy atom. The highest BCUT2D eigenvalue weighted by Gasteiger charge is 2.31. The van der Waals surface area contributed by atoms with Crippen molar-refractivity contribution in [1.29, 1.82) is 0 Å². The van der Waals surface area contributed by atoms with Crippen LogP contribution in [0.3, 0.4) is 0 Å². The van der Waals surface area contributed by atoms with Gasteiger partial charge in [0.05, 0.1) is 28.7 Å². The van der Waals surface area contributed by atoms with Crippen LogP contribution < -0.4 is 4.90 Å². The van der Waals surface area contributed by atoms with Gasteiger partial charge >= 0.3 is 6.18 Å². The predicted octanol–water partition coefficient (Wildman–Crippen LogP) is 4.54. The zero-order valence-electron chi connectivity index (χ0n) is 17.2. The van der Waals surface area contributed by atoms with Gasteiger partial charge in [-0.3, -0.25) is 4.79 Å². The van der Waals surface area contributed by atoms with Gasteiger partial charge in [0.25, 0.3) is 5.91 Å². The smallest absolute Gasteiger partial charge is 0.378 e. The Bertz CT molecular complexity index is 1040. The lowest BCUT2D eigenvalue weighted by atomic mass is 10.1. The number of rotatable bonds is 5. The fraction of sp³-hybridized carbons (Fsp3) is 0.273. The summed E-state index contributed by atoms with van der Waals surface area (Å²) >= 11 is 0. The molecule has 1 amide bonds. The number of hydrogen-bond donors (Lipinski definition) is 0. The molecular weight excluding hydrogens is 393 g/mol. The first-order valence-electron chi connectivity index (χ1n) is 9.32. The lowest BCUT2D eigenvalue weighted by Crippen LogP contribution is -2.26. The average Bonchev–Trinajstić information content (AvgIpc) is 3.08. The van der Waals surface area contributed by atoms with Gasteiger partial charge in [0, 0.05) is 33.4 Å². The highest BCUT2D eigenvalue weighted by atomic mass is 19.4. The van der Waals surface area contributed by atoms with E-state index in [-0.39, 0.29) is 11.6 Å². The molecule has 1 heterocycles.